The van der Waals surface area contributed by atoms with E-state index in [2.05, 4.69) is 4.72 Å². The molecule has 0 saturated carbocycles. The summed E-state index contributed by atoms with van der Waals surface area (Å²) in [6.45, 7) is 3.37. The Morgan fingerprint density at radius 1 is 1.04 bits per heavy atom. The zero-order valence-electron chi connectivity index (χ0n) is 14.5. The van der Waals surface area contributed by atoms with E-state index < -0.39 is 15.6 Å². The quantitative estimate of drug-likeness (QED) is 0.856. The predicted octanol–water partition coefficient (Wildman–Crippen LogP) is 2.73. The van der Waals surface area contributed by atoms with Crippen molar-refractivity contribution in [3.05, 3.63) is 53.6 Å². The van der Waals surface area contributed by atoms with Crippen LogP contribution in [0.15, 0.2) is 47.4 Å². The number of sulfonamides is 1. The zero-order chi connectivity index (χ0) is 18.7. The molecule has 0 heterocycles. The van der Waals surface area contributed by atoms with Gasteiger partial charge in [0, 0.05) is 0 Å². The average Bonchev–Trinajstić information content (AvgIpc) is 2.60. The summed E-state index contributed by atoms with van der Waals surface area (Å²) in [6.07, 6.45) is 0. The van der Waals surface area contributed by atoms with Crippen LogP contribution in [0.1, 0.15) is 18.1 Å². The van der Waals surface area contributed by atoms with Gasteiger partial charge in [-0.05, 0) is 43.7 Å². The van der Waals surface area contributed by atoms with Crippen LogP contribution in [0.4, 0.5) is 0 Å². The van der Waals surface area contributed by atoms with Gasteiger partial charge in [-0.1, -0.05) is 23.8 Å². The molecule has 2 aromatic rings. The van der Waals surface area contributed by atoms with Gasteiger partial charge in [-0.2, -0.15) is 9.98 Å². The molecule has 0 aromatic heterocycles. The number of ether oxygens (including phenoxy) is 2. The van der Waals surface area contributed by atoms with Crippen LogP contribution in [-0.4, -0.2) is 22.6 Å². The van der Waals surface area contributed by atoms with Crippen LogP contribution in [0, 0.1) is 18.3 Å². The number of nitriles is 1. The van der Waals surface area contributed by atoms with Crippen LogP contribution in [0.5, 0.6) is 11.5 Å². The molecule has 25 heavy (non-hydrogen) atoms. The standard InChI is InChI=1S/C18H20N2O4S/c1-13-5-8-15(9-6-13)25(21,22)20-18(2,12-19)14-7-10-16(23-3)17(11-14)24-4/h5-11,20H,1-4H3/t18-/m0/s1. The molecule has 0 radical (unpaired) electrons. The minimum atomic E-state index is -3.87. The second kappa shape index (κ2) is 7.13. The highest BCUT2D eigenvalue weighted by Gasteiger charge is 2.33. The molecular weight excluding hydrogens is 340 g/mol. The van der Waals surface area contributed by atoms with E-state index in [1.165, 1.54) is 33.3 Å². The third-order valence-electron chi connectivity index (χ3n) is 3.85. The maximum Gasteiger partial charge on any atom is 0.242 e. The number of nitrogens with zero attached hydrogens (tertiary/aromatic N) is 1. The molecule has 0 spiro atoms. The van der Waals surface area contributed by atoms with Crippen LogP contribution < -0.4 is 14.2 Å². The SMILES string of the molecule is COc1ccc([C@](C)(C#N)NS(=O)(=O)c2ccc(C)cc2)cc1OC. The van der Waals surface area contributed by atoms with Crippen LogP contribution in [0.25, 0.3) is 0 Å². The van der Waals surface area contributed by atoms with Gasteiger partial charge in [-0.3, -0.25) is 0 Å². The molecule has 2 rings (SSSR count). The van der Waals surface area contributed by atoms with E-state index in [1.54, 1.807) is 30.3 Å². The number of methoxy groups -OCH3 is 2. The summed E-state index contributed by atoms with van der Waals surface area (Å²) >= 11 is 0. The lowest BCUT2D eigenvalue weighted by Gasteiger charge is -2.24. The molecule has 132 valence electrons. The van der Waals surface area contributed by atoms with Crippen LogP contribution in [-0.2, 0) is 15.6 Å². The Kier molecular flexibility index (Phi) is 5.36. The Bertz CT molecular complexity index is 902. The van der Waals surface area contributed by atoms with Gasteiger partial charge in [0.25, 0.3) is 0 Å². The van der Waals surface area contributed by atoms with Crippen molar-refractivity contribution in [2.75, 3.05) is 14.2 Å². The number of rotatable bonds is 6. The molecule has 0 saturated heterocycles. The Hall–Kier alpha value is -2.56. The first kappa shape index (κ1) is 18.8. The summed E-state index contributed by atoms with van der Waals surface area (Å²) in [5.74, 6) is 0.906. The second-order valence-corrected chi connectivity index (χ2v) is 7.41. The third-order valence-corrected chi connectivity index (χ3v) is 5.42. The molecule has 0 unspecified atom stereocenters. The van der Waals surface area contributed by atoms with E-state index in [4.69, 9.17) is 9.47 Å². The van der Waals surface area contributed by atoms with Gasteiger partial charge < -0.3 is 9.47 Å². The molecule has 0 fully saturated rings. The summed E-state index contributed by atoms with van der Waals surface area (Å²) in [5.41, 5.74) is -0.0753. The first-order valence-corrected chi connectivity index (χ1v) is 8.98. The summed E-state index contributed by atoms with van der Waals surface area (Å²) in [4.78, 5) is 0.0973. The Morgan fingerprint density at radius 3 is 2.16 bits per heavy atom. The first-order chi connectivity index (χ1) is 11.8. The van der Waals surface area contributed by atoms with Crippen molar-refractivity contribution in [3.63, 3.8) is 0 Å². The second-order valence-electron chi connectivity index (χ2n) is 5.73. The summed E-state index contributed by atoms with van der Waals surface area (Å²) < 4.78 is 38.2. The fourth-order valence-corrected chi connectivity index (χ4v) is 3.65. The van der Waals surface area contributed by atoms with E-state index in [0.717, 1.165) is 5.56 Å². The van der Waals surface area contributed by atoms with Gasteiger partial charge in [0.15, 0.2) is 11.5 Å². The monoisotopic (exact) mass is 360 g/mol. The van der Waals surface area contributed by atoms with Crippen molar-refractivity contribution in [2.24, 2.45) is 0 Å². The summed E-state index contributed by atoms with van der Waals surface area (Å²) in [7, 11) is -0.900. The minimum Gasteiger partial charge on any atom is -0.493 e. The zero-order valence-corrected chi connectivity index (χ0v) is 15.3. The Labute approximate surface area is 148 Å². The summed E-state index contributed by atoms with van der Waals surface area (Å²) in [5, 5.41) is 9.63. The van der Waals surface area contributed by atoms with Crippen LogP contribution >= 0.6 is 0 Å². The molecule has 1 atom stereocenters. The van der Waals surface area contributed by atoms with Crippen molar-refractivity contribution < 1.29 is 17.9 Å². The maximum atomic E-state index is 12.7. The van der Waals surface area contributed by atoms with E-state index >= 15 is 0 Å². The van der Waals surface area contributed by atoms with Gasteiger partial charge in [0.2, 0.25) is 10.0 Å². The molecule has 0 aliphatic heterocycles. The van der Waals surface area contributed by atoms with E-state index in [9.17, 15) is 13.7 Å². The van der Waals surface area contributed by atoms with Crippen molar-refractivity contribution in [1.82, 2.24) is 4.72 Å². The van der Waals surface area contributed by atoms with Crippen molar-refractivity contribution in [1.29, 1.82) is 5.26 Å². The van der Waals surface area contributed by atoms with Crippen LogP contribution in [0.3, 0.4) is 0 Å². The Balaban J connectivity index is 2.44. The fraction of sp³-hybridized carbons (Fsp3) is 0.278. The third kappa shape index (κ3) is 3.92. The minimum absolute atomic E-state index is 0.0973. The van der Waals surface area contributed by atoms with E-state index in [-0.39, 0.29) is 4.90 Å². The van der Waals surface area contributed by atoms with E-state index in [1.807, 2.05) is 13.0 Å². The molecule has 0 aliphatic rings. The van der Waals surface area contributed by atoms with Crippen molar-refractivity contribution >= 4 is 10.0 Å². The molecular formula is C18H20N2O4S. The maximum absolute atomic E-state index is 12.7. The van der Waals surface area contributed by atoms with Crippen LogP contribution in [0.2, 0.25) is 0 Å². The summed E-state index contributed by atoms with van der Waals surface area (Å²) in [6, 6.07) is 13.3. The number of benzene rings is 2. The van der Waals surface area contributed by atoms with Gasteiger partial charge in [-0.25, -0.2) is 8.42 Å². The molecule has 6 nitrogen and oxygen atoms in total. The molecule has 1 N–H and O–H groups in total. The van der Waals surface area contributed by atoms with Crippen molar-refractivity contribution in [3.8, 4) is 17.6 Å². The lowest BCUT2D eigenvalue weighted by molar-refractivity contribution is 0.353. The van der Waals surface area contributed by atoms with Gasteiger partial charge in [0.1, 0.15) is 5.54 Å². The van der Waals surface area contributed by atoms with Gasteiger partial charge in [0.05, 0.1) is 25.2 Å². The molecule has 0 bridgehead atoms. The Morgan fingerprint density at radius 2 is 1.64 bits per heavy atom. The highest BCUT2D eigenvalue weighted by Crippen LogP contribution is 2.32. The highest BCUT2D eigenvalue weighted by molar-refractivity contribution is 7.89. The fourth-order valence-electron chi connectivity index (χ4n) is 2.34. The smallest absolute Gasteiger partial charge is 0.242 e. The predicted molar refractivity (Wildman–Crippen MR) is 94.0 cm³/mol. The van der Waals surface area contributed by atoms with Gasteiger partial charge >= 0.3 is 0 Å². The normalized spacial score (nSPS) is 13.6. The average molecular weight is 360 g/mol. The van der Waals surface area contributed by atoms with Crippen molar-refractivity contribution in [2.45, 2.75) is 24.3 Å². The molecule has 7 heteroatoms. The van der Waals surface area contributed by atoms with Gasteiger partial charge in [-0.15, -0.1) is 0 Å². The molecule has 0 aliphatic carbocycles. The topological polar surface area (TPSA) is 88.4 Å². The highest BCUT2D eigenvalue weighted by atomic mass is 32.2. The van der Waals surface area contributed by atoms with E-state index in [0.29, 0.717) is 17.1 Å². The lowest BCUT2D eigenvalue weighted by Crippen LogP contribution is -2.42. The molecule has 0 amide bonds. The number of hydrogen-bond donors (Lipinski definition) is 1. The number of aryl methyl sites for hydroxylation is 1. The lowest BCUT2D eigenvalue weighted by atomic mass is 9.94. The number of nitrogens with one attached hydrogen (secondary N) is 1. The molecule has 2 aromatic carbocycles. The number of hydrogen-bond acceptors (Lipinski definition) is 5. The first-order valence-electron chi connectivity index (χ1n) is 7.50. The largest absolute Gasteiger partial charge is 0.493 e.